The van der Waals surface area contributed by atoms with Gasteiger partial charge >= 0.3 is 0 Å². The number of likely N-dealkylation sites (tertiary alicyclic amines) is 1. The Balaban J connectivity index is 1.44. The van der Waals surface area contributed by atoms with Gasteiger partial charge in [-0.3, -0.25) is 0 Å². The molecule has 1 N–H and O–H groups in total. The summed E-state index contributed by atoms with van der Waals surface area (Å²) >= 11 is 0. The van der Waals surface area contributed by atoms with Crippen molar-refractivity contribution in [2.45, 2.75) is 50.5 Å². The maximum atomic E-state index is 12.6. The van der Waals surface area contributed by atoms with Crippen LogP contribution in [0.4, 0.5) is 0 Å². The Kier molecular flexibility index (Phi) is 7.74. The van der Waals surface area contributed by atoms with Crippen LogP contribution >= 0.6 is 0 Å². The maximum absolute atomic E-state index is 12.6. The largest absolute Gasteiger partial charge is 0.493 e. The van der Waals surface area contributed by atoms with Crippen LogP contribution in [0.1, 0.15) is 39.5 Å². The number of hydrogen-bond donors (Lipinski definition) is 1. The van der Waals surface area contributed by atoms with E-state index in [-0.39, 0.29) is 0 Å². The quantitative estimate of drug-likeness (QED) is 0.714. The zero-order chi connectivity index (χ0) is 20.0. The van der Waals surface area contributed by atoms with Gasteiger partial charge in [0, 0.05) is 25.8 Å². The smallest absolute Gasteiger partial charge is 0.240 e. The van der Waals surface area contributed by atoms with Gasteiger partial charge in [0.25, 0.3) is 0 Å². The summed E-state index contributed by atoms with van der Waals surface area (Å²) in [4.78, 5) is 2.85. The van der Waals surface area contributed by atoms with E-state index >= 15 is 0 Å². The number of nitrogens with one attached hydrogen (secondary N) is 1. The molecule has 7 heteroatoms. The van der Waals surface area contributed by atoms with Crippen LogP contribution in [0.5, 0.6) is 5.75 Å². The van der Waals surface area contributed by atoms with E-state index in [1.165, 1.54) is 0 Å². The molecule has 0 unspecified atom stereocenters. The van der Waals surface area contributed by atoms with Gasteiger partial charge in [-0.25, -0.2) is 13.1 Å². The average molecular weight is 411 g/mol. The Morgan fingerprint density at radius 2 is 1.75 bits per heavy atom. The van der Waals surface area contributed by atoms with E-state index in [4.69, 9.17) is 9.47 Å². The Morgan fingerprint density at radius 3 is 2.36 bits per heavy atom. The molecule has 2 heterocycles. The molecule has 0 radical (unpaired) electrons. The fourth-order valence-electron chi connectivity index (χ4n) is 3.86. The van der Waals surface area contributed by atoms with Gasteiger partial charge < -0.3 is 14.4 Å². The molecular weight excluding hydrogens is 376 g/mol. The van der Waals surface area contributed by atoms with Crippen LogP contribution in [-0.2, 0) is 14.8 Å². The second-order valence-corrected chi connectivity index (χ2v) is 10.1. The number of sulfonamides is 1. The molecule has 158 valence electrons. The fourth-order valence-corrected chi connectivity index (χ4v) is 4.98. The predicted octanol–water partition coefficient (Wildman–Crippen LogP) is 2.89. The predicted molar refractivity (Wildman–Crippen MR) is 110 cm³/mol. The lowest BCUT2D eigenvalue weighted by Gasteiger charge is -2.39. The highest BCUT2D eigenvalue weighted by atomic mass is 32.2. The summed E-state index contributed by atoms with van der Waals surface area (Å²) in [5.41, 5.74) is 0. The van der Waals surface area contributed by atoms with Crippen LogP contribution in [0.15, 0.2) is 29.2 Å². The lowest BCUT2D eigenvalue weighted by Crippen LogP contribution is -2.45. The van der Waals surface area contributed by atoms with Gasteiger partial charge in [0.15, 0.2) is 0 Å². The number of ether oxygens (including phenoxy) is 2. The third-order valence-corrected chi connectivity index (χ3v) is 7.08. The minimum Gasteiger partial charge on any atom is -0.493 e. The Bertz CT molecular complexity index is 692. The highest BCUT2D eigenvalue weighted by Crippen LogP contribution is 2.23. The van der Waals surface area contributed by atoms with Crippen LogP contribution in [0.25, 0.3) is 0 Å². The molecule has 2 fully saturated rings. The van der Waals surface area contributed by atoms with E-state index in [0.29, 0.717) is 41.7 Å². The van der Waals surface area contributed by atoms with Gasteiger partial charge in [0.05, 0.1) is 11.5 Å². The second-order valence-electron chi connectivity index (χ2n) is 8.35. The van der Waals surface area contributed by atoms with E-state index < -0.39 is 10.0 Å². The van der Waals surface area contributed by atoms with Crippen LogP contribution < -0.4 is 9.46 Å². The first-order valence-corrected chi connectivity index (χ1v) is 12.0. The zero-order valence-corrected chi connectivity index (χ0v) is 17.9. The van der Waals surface area contributed by atoms with Crippen molar-refractivity contribution in [3.8, 4) is 5.75 Å². The van der Waals surface area contributed by atoms with Gasteiger partial charge in [0.2, 0.25) is 10.0 Å². The number of hydrogen-bond acceptors (Lipinski definition) is 5. The highest BCUT2D eigenvalue weighted by molar-refractivity contribution is 7.89. The first kappa shape index (κ1) is 21.6. The van der Waals surface area contributed by atoms with Crippen molar-refractivity contribution in [1.82, 2.24) is 9.62 Å². The second kappa shape index (κ2) is 10.1. The molecule has 1 aromatic rings. The van der Waals surface area contributed by atoms with E-state index in [2.05, 4.69) is 23.5 Å². The van der Waals surface area contributed by atoms with Gasteiger partial charge in [-0.1, -0.05) is 13.8 Å². The van der Waals surface area contributed by atoms with Crippen molar-refractivity contribution in [3.05, 3.63) is 24.3 Å². The number of nitrogens with zero attached hydrogens (tertiary/aromatic N) is 1. The Labute approximate surface area is 169 Å². The van der Waals surface area contributed by atoms with Gasteiger partial charge in [-0.15, -0.1) is 0 Å². The summed E-state index contributed by atoms with van der Waals surface area (Å²) in [6, 6.07) is 7.33. The van der Waals surface area contributed by atoms with E-state index in [9.17, 15) is 8.42 Å². The van der Waals surface area contributed by atoms with Crippen molar-refractivity contribution in [3.63, 3.8) is 0 Å². The normalized spacial score (nSPS) is 20.5. The summed E-state index contributed by atoms with van der Waals surface area (Å²) in [6.07, 6.45) is 4.33. The molecule has 2 saturated heterocycles. The number of benzene rings is 1. The van der Waals surface area contributed by atoms with Crippen molar-refractivity contribution < 1.29 is 17.9 Å². The van der Waals surface area contributed by atoms with Gasteiger partial charge in [-0.05, 0) is 74.9 Å². The molecule has 1 aromatic carbocycles. The van der Waals surface area contributed by atoms with Crippen LogP contribution in [0, 0.1) is 11.8 Å². The SMILES string of the molecule is CC(C)COc1ccc(S(=O)(=O)NCC2CCN(C3CCOCC3)CC2)cc1. The summed E-state index contributed by atoms with van der Waals surface area (Å²) < 4.78 is 39.0. The van der Waals surface area contributed by atoms with Gasteiger partial charge in [-0.2, -0.15) is 0 Å². The monoisotopic (exact) mass is 410 g/mol. The lowest BCUT2D eigenvalue weighted by molar-refractivity contribution is 0.0214. The van der Waals surface area contributed by atoms with Crippen LogP contribution in [0.2, 0.25) is 0 Å². The molecule has 0 amide bonds. The summed E-state index contributed by atoms with van der Waals surface area (Å²) in [6.45, 7) is 9.13. The van der Waals surface area contributed by atoms with E-state index in [1.807, 2.05) is 0 Å². The summed E-state index contributed by atoms with van der Waals surface area (Å²) in [7, 11) is -3.48. The highest BCUT2D eigenvalue weighted by Gasteiger charge is 2.27. The summed E-state index contributed by atoms with van der Waals surface area (Å²) in [5, 5.41) is 0. The molecule has 2 aliphatic heterocycles. The van der Waals surface area contributed by atoms with Crippen molar-refractivity contribution in [2.75, 3.05) is 39.5 Å². The first-order valence-electron chi connectivity index (χ1n) is 10.5. The molecule has 0 aliphatic carbocycles. The van der Waals surface area contributed by atoms with Crippen molar-refractivity contribution in [2.24, 2.45) is 11.8 Å². The van der Waals surface area contributed by atoms with Crippen LogP contribution in [0.3, 0.4) is 0 Å². The standard InChI is InChI=1S/C21H34N2O4S/c1-17(2)16-27-20-3-5-21(6-4-20)28(24,25)22-15-18-7-11-23(12-8-18)19-9-13-26-14-10-19/h3-6,17-19,22H,7-16H2,1-2H3. The minimum absolute atomic E-state index is 0.295. The molecule has 0 spiro atoms. The number of piperidine rings is 1. The fraction of sp³-hybridized carbons (Fsp3) is 0.714. The van der Waals surface area contributed by atoms with Crippen LogP contribution in [-0.4, -0.2) is 58.8 Å². The number of rotatable bonds is 8. The van der Waals surface area contributed by atoms with Crippen molar-refractivity contribution in [1.29, 1.82) is 0 Å². The topological polar surface area (TPSA) is 67.9 Å². The Hall–Kier alpha value is -1.15. The van der Waals surface area contributed by atoms with E-state index in [1.54, 1.807) is 24.3 Å². The molecule has 0 bridgehead atoms. The molecule has 0 saturated carbocycles. The van der Waals surface area contributed by atoms with Crippen molar-refractivity contribution >= 4 is 10.0 Å². The third-order valence-electron chi connectivity index (χ3n) is 5.64. The molecule has 0 aromatic heterocycles. The molecule has 3 rings (SSSR count). The molecule has 6 nitrogen and oxygen atoms in total. The molecule has 2 aliphatic rings. The van der Waals surface area contributed by atoms with Gasteiger partial charge in [0.1, 0.15) is 5.75 Å². The lowest BCUT2D eigenvalue weighted by atomic mass is 9.94. The minimum atomic E-state index is -3.48. The molecule has 0 atom stereocenters. The van der Waals surface area contributed by atoms with E-state index in [0.717, 1.165) is 52.0 Å². The average Bonchev–Trinajstić information content (AvgIpc) is 2.72. The summed E-state index contributed by atoms with van der Waals surface area (Å²) in [5.74, 6) is 1.54. The molecular formula is C21H34N2O4S. The zero-order valence-electron chi connectivity index (χ0n) is 17.1. The maximum Gasteiger partial charge on any atom is 0.240 e. The molecule has 28 heavy (non-hydrogen) atoms. The Morgan fingerprint density at radius 1 is 1.11 bits per heavy atom. The first-order chi connectivity index (χ1) is 13.4. The third kappa shape index (κ3) is 6.17.